The number of halogens is 3. The van der Waals surface area contributed by atoms with Crippen molar-refractivity contribution >= 4 is 23.2 Å². The maximum absolute atomic E-state index is 13.4. The fraction of sp³-hybridized carbons (Fsp3) is 0.143. The van der Waals surface area contributed by atoms with Gasteiger partial charge in [-0.25, -0.2) is 4.39 Å². The van der Waals surface area contributed by atoms with Gasteiger partial charge in [-0.3, -0.25) is 11.3 Å². The van der Waals surface area contributed by atoms with Gasteiger partial charge in [-0.15, -0.1) is 0 Å². The number of nitrogens with one attached hydrogen (secondary N) is 1. The van der Waals surface area contributed by atoms with Gasteiger partial charge < -0.3 is 0 Å². The summed E-state index contributed by atoms with van der Waals surface area (Å²) in [5.41, 5.74) is 4.38. The van der Waals surface area contributed by atoms with Gasteiger partial charge in [0.15, 0.2) is 0 Å². The van der Waals surface area contributed by atoms with Crippen LogP contribution in [-0.2, 0) is 6.42 Å². The second kappa shape index (κ2) is 6.35. The molecule has 0 fully saturated rings. The lowest BCUT2D eigenvalue weighted by Gasteiger charge is -2.17. The summed E-state index contributed by atoms with van der Waals surface area (Å²) in [5, 5.41) is 0.792. The van der Waals surface area contributed by atoms with E-state index in [1.54, 1.807) is 24.3 Å². The molecule has 1 atom stereocenters. The van der Waals surface area contributed by atoms with Crippen molar-refractivity contribution in [1.82, 2.24) is 5.43 Å². The van der Waals surface area contributed by atoms with E-state index in [4.69, 9.17) is 29.0 Å². The van der Waals surface area contributed by atoms with Gasteiger partial charge >= 0.3 is 0 Å². The van der Waals surface area contributed by atoms with E-state index in [2.05, 4.69) is 5.43 Å². The molecule has 0 saturated heterocycles. The molecule has 2 aromatic rings. The minimum atomic E-state index is -0.425. The molecule has 3 N–H and O–H groups in total. The SMILES string of the molecule is NNC(Cc1cccc(F)c1Cl)c1ccc(Cl)cc1. The monoisotopic (exact) mass is 298 g/mol. The largest absolute Gasteiger partial charge is 0.271 e. The molecule has 0 spiro atoms. The van der Waals surface area contributed by atoms with E-state index in [0.29, 0.717) is 17.0 Å². The zero-order valence-corrected chi connectivity index (χ0v) is 11.5. The van der Waals surface area contributed by atoms with Gasteiger partial charge in [0.1, 0.15) is 5.82 Å². The number of nitrogens with two attached hydrogens (primary N) is 1. The van der Waals surface area contributed by atoms with Gasteiger partial charge in [-0.1, -0.05) is 47.5 Å². The van der Waals surface area contributed by atoms with Crippen LogP contribution in [0.15, 0.2) is 42.5 Å². The zero-order valence-electron chi connectivity index (χ0n) is 10.0. The standard InChI is InChI=1S/C14H13Cl2FN2/c15-11-6-4-9(5-7-11)13(19-18)8-10-2-1-3-12(17)14(10)16/h1-7,13,19H,8,18H2. The first-order valence-electron chi connectivity index (χ1n) is 5.76. The number of hydrazine groups is 1. The molecule has 0 heterocycles. The molecule has 2 nitrogen and oxygen atoms in total. The predicted octanol–water partition coefficient (Wildman–Crippen LogP) is 3.88. The Balaban J connectivity index is 2.24. The number of benzene rings is 2. The van der Waals surface area contributed by atoms with Crippen molar-refractivity contribution in [3.8, 4) is 0 Å². The van der Waals surface area contributed by atoms with Gasteiger partial charge in [-0.2, -0.15) is 0 Å². The first kappa shape index (κ1) is 14.3. The third-order valence-electron chi connectivity index (χ3n) is 2.93. The van der Waals surface area contributed by atoms with Gasteiger partial charge in [0, 0.05) is 5.02 Å². The highest BCUT2D eigenvalue weighted by Crippen LogP contribution is 2.25. The Labute approximate surface area is 121 Å². The highest BCUT2D eigenvalue weighted by molar-refractivity contribution is 6.31. The smallest absolute Gasteiger partial charge is 0.142 e. The highest BCUT2D eigenvalue weighted by atomic mass is 35.5. The Bertz CT molecular complexity index is 558. The van der Waals surface area contributed by atoms with Gasteiger partial charge in [0.25, 0.3) is 0 Å². The molecule has 0 radical (unpaired) electrons. The third kappa shape index (κ3) is 3.45. The summed E-state index contributed by atoms with van der Waals surface area (Å²) in [6, 6.07) is 11.9. The van der Waals surface area contributed by atoms with E-state index < -0.39 is 5.82 Å². The summed E-state index contributed by atoms with van der Waals surface area (Å²) in [6.45, 7) is 0. The molecule has 100 valence electrons. The molecule has 0 aromatic heterocycles. The van der Waals surface area contributed by atoms with Gasteiger partial charge in [-0.05, 0) is 35.7 Å². The Morgan fingerprint density at radius 1 is 1.11 bits per heavy atom. The molecule has 1 unspecified atom stereocenters. The van der Waals surface area contributed by atoms with Crippen LogP contribution in [0.25, 0.3) is 0 Å². The first-order chi connectivity index (χ1) is 9.11. The molecule has 0 aliphatic rings. The molecule has 0 bridgehead atoms. The van der Waals surface area contributed by atoms with Crippen molar-refractivity contribution < 1.29 is 4.39 Å². The topological polar surface area (TPSA) is 38.0 Å². The van der Waals surface area contributed by atoms with Crippen molar-refractivity contribution in [2.45, 2.75) is 12.5 Å². The van der Waals surface area contributed by atoms with Crippen molar-refractivity contribution in [2.75, 3.05) is 0 Å². The summed E-state index contributed by atoms with van der Waals surface area (Å²) < 4.78 is 13.4. The van der Waals surface area contributed by atoms with Crippen LogP contribution in [0.4, 0.5) is 4.39 Å². The fourth-order valence-electron chi connectivity index (χ4n) is 1.89. The number of hydrogen-bond acceptors (Lipinski definition) is 2. The Hall–Kier alpha value is -1.13. The third-order valence-corrected chi connectivity index (χ3v) is 3.60. The second-order valence-corrected chi connectivity index (χ2v) is 5.00. The van der Waals surface area contributed by atoms with Crippen LogP contribution >= 0.6 is 23.2 Å². The molecule has 0 saturated carbocycles. The molecule has 19 heavy (non-hydrogen) atoms. The molecule has 2 aromatic carbocycles. The van der Waals surface area contributed by atoms with E-state index in [1.165, 1.54) is 6.07 Å². The van der Waals surface area contributed by atoms with Crippen LogP contribution in [-0.4, -0.2) is 0 Å². The zero-order chi connectivity index (χ0) is 13.8. The minimum absolute atomic E-state index is 0.136. The number of rotatable bonds is 4. The molecule has 0 aliphatic heterocycles. The molecule has 2 rings (SSSR count). The van der Waals surface area contributed by atoms with E-state index in [1.807, 2.05) is 12.1 Å². The summed E-state index contributed by atoms with van der Waals surface area (Å²) in [4.78, 5) is 0. The quantitative estimate of drug-likeness (QED) is 0.664. The lowest BCUT2D eigenvalue weighted by Crippen LogP contribution is -2.29. The van der Waals surface area contributed by atoms with Crippen LogP contribution in [0.2, 0.25) is 10.0 Å². The molecular weight excluding hydrogens is 286 g/mol. The Morgan fingerprint density at radius 2 is 1.79 bits per heavy atom. The lowest BCUT2D eigenvalue weighted by molar-refractivity contribution is 0.549. The first-order valence-corrected chi connectivity index (χ1v) is 6.52. The van der Waals surface area contributed by atoms with Gasteiger partial charge in [0.2, 0.25) is 0 Å². The van der Waals surface area contributed by atoms with Gasteiger partial charge in [0.05, 0.1) is 11.1 Å². The van der Waals surface area contributed by atoms with Crippen LogP contribution in [0.5, 0.6) is 0 Å². The number of hydrogen-bond donors (Lipinski definition) is 2. The molecular formula is C14H13Cl2FN2. The summed E-state index contributed by atoms with van der Waals surface area (Å²) in [6.07, 6.45) is 0.495. The van der Waals surface area contributed by atoms with Crippen molar-refractivity contribution in [1.29, 1.82) is 0 Å². The lowest BCUT2D eigenvalue weighted by atomic mass is 9.99. The molecule has 5 heteroatoms. The predicted molar refractivity (Wildman–Crippen MR) is 76.6 cm³/mol. The van der Waals surface area contributed by atoms with Crippen molar-refractivity contribution in [3.63, 3.8) is 0 Å². The van der Waals surface area contributed by atoms with Crippen LogP contribution < -0.4 is 11.3 Å². The summed E-state index contributed by atoms with van der Waals surface area (Å²) in [5.74, 6) is 5.13. The van der Waals surface area contributed by atoms with Crippen LogP contribution in [0.1, 0.15) is 17.2 Å². The maximum atomic E-state index is 13.4. The normalized spacial score (nSPS) is 12.4. The van der Waals surface area contributed by atoms with Crippen molar-refractivity contribution in [3.05, 3.63) is 69.5 Å². The average Bonchev–Trinajstić information content (AvgIpc) is 2.42. The second-order valence-electron chi connectivity index (χ2n) is 4.19. The van der Waals surface area contributed by atoms with E-state index in [9.17, 15) is 4.39 Å². The van der Waals surface area contributed by atoms with E-state index >= 15 is 0 Å². The fourth-order valence-corrected chi connectivity index (χ4v) is 2.22. The van der Waals surface area contributed by atoms with E-state index in [-0.39, 0.29) is 11.1 Å². The van der Waals surface area contributed by atoms with E-state index in [0.717, 1.165) is 5.56 Å². The van der Waals surface area contributed by atoms with Crippen molar-refractivity contribution in [2.24, 2.45) is 5.84 Å². The highest BCUT2D eigenvalue weighted by Gasteiger charge is 2.14. The average molecular weight is 299 g/mol. The molecule has 0 amide bonds. The maximum Gasteiger partial charge on any atom is 0.142 e. The summed E-state index contributed by atoms with van der Waals surface area (Å²) in [7, 11) is 0. The van der Waals surface area contributed by atoms with Crippen LogP contribution in [0.3, 0.4) is 0 Å². The Morgan fingerprint density at radius 3 is 2.42 bits per heavy atom. The minimum Gasteiger partial charge on any atom is -0.271 e. The van der Waals surface area contributed by atoms with Crippen LogP contribution in [0, 0.1) is 5.82 Å². The molecule has 0 aliphatic carbocycles. The summed E-state index contributed by atoms with van der Waals surface area (Å²) >= 11 is 11.8. The Kier molecular flexibility index (Phi) is 4.77.